The van der Waals surface area contributed by atoms with Crippen LogP contribution in [0.1, 0.15) is 6.92 Å². The second-order valence-corrected chi connectivity index (χ2v) is 2.06. The van der Waals surface area contributed by atoms with Gasteiger partial charge >= 0.3 is 0 Å². The van der Waals surface area contributed by atoms with Gasteiger partial charge in [0, 0.05) is 0 Å². The molecule has 8 heavy (non-hydrogen) atoms. The third kappa shape index (κ3) is 0.980. The van der Waals surface area contributed by atoms with E-state index in [0.717, 1.165) is 0 Å². The maximum absolute atomic E-state index is 10.3. The highest BCUT2D eigenvalue weighted by Crippen LogP contribution is 2.18. The molecule has 0 radical (unpaired) electrons. The van der Waals surface area contributed by atoms with Crippen LogP contribution in [0.3, 0.4) is 0 Å². The zero-order valence-electron chi connectivity index (χ0n) is 4.76. The molecule has 0 spiro atoms. The van der Waals surface area contributed by atoms with Gasteiger partial charge in [-0.3, -0.25) is 4.79 Å². The summed E-state index contributed by atoms with van der Waals surface area (Å²) in [5.74, 6) is -0.373. The molecule has 0 saturated carbocycles. The van der Waals surface area contributed by atoms with Gasteiger partial charge in [-0.25, -0.2) is 0 Å². The van der Waals surface area contributed by atoms with Gasteiger partial charge in [0.25, 0.3) is 0 Å². The first-order valence-electron chi connectivity index (χ1n) is 2.62. The summed E-state index contributed by atoms with van der Waals surface area (Å²) in [5.41, 5.74) is 4.96. The van der Waals surface area contributed by atoms with Crippen molar-refractivity contribution in [2.45, 2.75) is 13.0 Å². The van der Waals surface area contributed by atoms with Gasteiger partial charge < -0.3 is 10.5 Å². The number of ether oxygens (including phenoxy) is 1. The molecule has 2 unspecified atom stereocenters. The Hall–Kier alpha value is -0.570. The highest BCUT2D eigenvalue weighted by molar-refractivity contribution is 5.77. The SMILES string of the molecule is CC(C(N)=O)C1CO1. The summed E-state index contributed by atoms with van der Waals surface area (Å²) in [7, 11) is 0. The van der Waals surface area contributed by atoms with Crippen LogP contribution in [-0.2, 0) is 9.53 Å². The molecular weight excluding hydrogens is 106 g/mol. The van der Waals surface area contributed by atoms with Gasteiger partial charge in [0.15, 0.2) is 0 Å². The molecule has 1 aliphatic rings. The smallest absolute Gasteiger partial charge is 0.222 e. The molecule has 0 aromatic carbocycles. The van der Waals surface area contributed by atoms with Crippen LogP contribution in [-0.4, -0.2) is 18.6 Å². The fourth-order valence-electron chi connectivity index (χ4n) is 0.527. The molecule has 3 heteroatoms. The van der Waals surface area contributed by atoms with Crippen LogP contribution in [0.5, 0.6) is 0 Å². The summed E-state index contributed by atoms with van der Waals surface area (Å²) in [6, 6.07) is 0. The third-order valence-corrected chi connectivity index (χ3v) is 1.37. The Morgan fingerprint density at radius 3 is 2.62 bits per heavy atom. The normalized spacial score (nSPS) is 29.4. The first-order valence-corrected chi connectivity index (χ1v) is 2.62. The van der Waals surface area contributed by atoms with Gasteiger partial charge in [-0.05, 0) is 0 Å². The number of carbonyl (C=O) groups is 1. The van der Waals surface area contributed by atoms with E-state index in [0.29, 0.717) is 6.61 Å². The van der Waals surface area contributed by atoms with Crippen molar-refractivity contribution in [3.63, 3.8) is 0 Å². The second-order valence-electron chi connectivity index (χ2n) is 2.06. The highest BCUT2D eigenvalue weighted by atomic mass is 16.6. The van der Waals surface area contributed by atoms with Crippen molar-refractivity contribution in [3.05, 3.63) is 0 Å². The lowest BCUT2D eigenvalue weighted by atomic mass is 10.1. The lowest BCUT2D eigenvalue weighted by Gasteiger charge is -1.98. The Morgan fingerprint density at radius 2 is 2.50 bits per heavy atom. The molecule has 1 rings (SSSR count). The fourth-order valence-corrected chi connectivity index (χ4v) is 0.527. The number of epoxide rings is 1. The number of rotatable bonds is 2. The summed E-state index contributed by atoms with van der Waals surface area (Å²) in [5, 5.41) is 0. The molecular formula is C5H9NO2. The van der Waals surface area contributed by atoms with Crippen LogP contribution in [0.25, 0.3) is 0 Å². The highest BCUT2D eigenvalue weighted by Gasteiger charge is 2.32. The maximum Gasteiger partial charge on any atom is 0.222 e. The van der Waals surface area contributed by atoms with Gasteiger partial charge in [-0.1, -0.05) is 6.92 Å². The molecule has 1 saturated heterocycles. The molecule has 0 aromatic heterocycles. The van der Waals surface area contributed by atoms with E-state index in [1.165, 1.54) is 0 Å². The minimum absolute atomic E-state index is 0.102. The molecule has 1 amide bonds. The van der Waals surface area contributed by atoms with Crippen LogP contribution < -0.4 is 5.73 Å². The molecule has 0 bridgehead atoms. The van der Waals surface area contributed by atoms with E-state index < -0.39 is 0 Å². The van der Waals surface area contributed by atoms with Crippen LogP contribution in [0.2, 0.25) is 0 Å². The van der Waals surface area contributed by atoms with Crippen LogP contribution in [0, 0.1) is 5.92 Å². The van der Waals surface area contributed by atoms with Gasteiger partial charge in [0.05, 0.1) is 18.6 Å². The number of nitrogens with two attached hydrogens (primary N) is 1. The molecule has 1 aliphatic heterocycles. The average molecular weight is 115 g/mol. The standard InChI is InChI=1S/C5H9NO2/c1-3(5(6)7)4-2-8-4/h3-4H,2H2,1H3,(H2,6,7). The topological polar surface area (TPSA) is 55.6 Å². The van der Waals surface area contributed by atoms with E-state index in [-0.39, 0.29) is 17.9 Å². The molecule has 46 valence electrons. The van der Waals surface area contributed by atoms with Gasteiger partial charge in [-0.15, -0.1) is 0 Å². The van der Waals surface area contributed by atoms with Gasteiger partial charge in [0.1, 0.15) is 0 Å². The Labute approximate surface area is 47.8 Å². The van der Waals surface area contributed by atoms with Crippen molar-refractivity contribution < 1.29 is 9.53 Å². The Bertz CT molecular complexity index is 109. The Morgan fingerprint density at radius 1 is 2.00 bits per heavy atom. The van der Waals surface area contributed by atoms with Crippen molar-refractivity contribution >= 4 is 5.91 Å². The summed E-state index contributed by atoms with van der Waals surface area (Å²) in [4.78, 5) is 10.3. The fraction of sp³-hybridized carbons (Fsp3) is 0.800. The first-order chi connectivity index (χ1) is 3.72. The Balaban J connectivity index is 2.32. The lowest BCUT2D eigenvalue weighted by molar-refractivity contribution is -0.121. The minimum Gasteiger partial charge on any atom is -0.372 e. The largest absolute Gasteiger partial charge is 0.372 e. The molecule has 2 atom stereocenters. The van der Waals surface area contributed by atoms with Crippen molar-refractivity contribution in [2.75, 3.05) is 6.61 Å². The minimum atomic E-state index is -0.271. The number of hydrogen-bond donors (Lipinski definition) is 1. The predicted octanol–water partition coefficient (Wildman–Crippen LogP) is -0.493. The van der Waals surface area contributed by atoms with Crippen molar-refractivity contribution in [2.24, 2.45) is 11.7 Å². The monoisotopic (exact) mass is 115 g/mol. The van der Waals surface area contributed by atoms with Crippen molar-refractivity contribution in [1.82, 2.24) is 0 Å². The maximum atomic E-state index is 10.3. The number of amides is 1. The molecule has 2 N–H and O–H groups in total. The quantitative estimate of drug-likeness (QED) is 0.493. The lowest BCUT2D eigenvalue weighted by Crippen LogP contribution is -2.24. The predicted molar refractivity (Wildman–Crippen MR) is 28.1 cm³/mol. The van der Waals surface area contributed by atoms with E-state index in [4.69, 9.17) is 10.5 Å². The third-order valence-electron chi connectivity index (χ3n) is 1.37. The molecule has 1 heterocycles. The molecule has 0 aliphatic carbocycles. The second kappa shape index (κ2) is 1.74. The van der Waals surface area contributed by atoms with Crippen molar-refractivity contribution in [3.8, 4) is 0 Å². The van der Waals surface area contributed by atoms with E-state index >= 15 is 0 Å². The average Bonchev–Trinajstić information content (AvgIpc) is 2.43. The van der Waals surface area contributed by atoms with Crippen LogP contribution in [0.4, 0.5) is 0 Å². The Kier molecular flexibility index (Phi) is 1.21. The number of carbonyl (C=O) groups excluding carboxylic acids is 1. The van der Waals surface area contributed by atoms with Crippen molar-refractivity contribution in [1.29, 1.82) is 0 Å². The molecule has 0 aromatic rings. The summed E-state index contributed by atoms with van der Waals surface area (Å²) in [6.45, 7) is 2.48. The van der Waals surface area contributed by atoms with Gasteiger partial charge in [-0.2, -0.15) is 0 Å². The number of hydrogen-bond acceptors (Lipinski definition) is 2. The zero-order chi connectivity index (χ0) is 6.15. The summed E-state index contributed by atoms with van der Waals surface area (Å²) in [6.07, 6.45) is 0.118. The van der Waals surface area contributed by atoms with E-state index in [1.807, 2.05) is 0 Å². The van der Waals surface area contributed by atoms with Gasteiger partial charge in [0.2, 0.25) is 5.91 Å². The number of primary amides is 1. The van der Waals surface area contributed by atoms with E-state index in [9.17, 15) is 4.79 Å². The first kappa shape index (κ1) is 5.56. The van der Waals surface area contributed by atoms with Crippen LogP contribution >= 0.6 is 0 Å². The summed E-state index contributed by atoms with van der Waals surface area (Å²) >= 11 is 0. The van der Waals surface area contributed by atoms with E-state index in [1.54, 1.807) is 6.92 Å². The molecule has 3 nitrogen and oxygen atoms in total. The summed E-state index contributed by atoms with van der Waals surface area (Å²) < 4.78 is 4.83. The molecule has 1 fully saturated rings. The zero-order valence-corrected chi connectivity index (χ0v) is 4.76. The van der Waals surface area contributed by atoms with E-state index in [2.05, 4.69) is 0 Å². The van der Waals surface area contributed by atoms with Crippen LogP contribution in [0.15, 0.2) is 0 Å².